The normalized spacial score (nSPS) is 13.3. The molecule has 1 aromatic heterocycles. The van der Waals surface area contributed by atoms with Gasteiger partial charge in [0.1, 0.15) is 12.3 Å². The molecule has 0 aliphatic rings. The topological polar surface area (TPSA) is 43.1 Å². The number of rotatable bonds is 9. The SMILES string of the molecule is CCCOC(=O)c1cncc[n+]1Cc1ccccc1.FC(F)(F)c1cc([B-](c2cc(C(F)(F)F)cc(C(F)(F)F)c2)(c2cc(C(F)(F)F)cc(C(F)(F)F)c2)c2cc(C(F)(F)F)cc(C(F)(F)F)c2)cc(C(F)(F)F)c1. The number of hydrogen-bond donors (Lipinski definition) is 0. The maximum atomic E-state index is 14.2. The van der Waals surface area contributed by atoms with E-state index in [1.54, 1.807) is 18.6 Å². The minimum absolute atomic E-state index is 0.328. The molecule has 0 bridgehead atoms. The van der Waals surface area contributed by atoms with Gasteiger partial charge in [0.2, 0.25) is 0 Å². The van der Waals surface area contributed by atoms with E-state index in [0.29, 0.717) is 18.8 Å². The maximum Gasteiger partial charge on any atom is 0.416 e. The molecule has 0 spiro atoms. The van der Waals surface area contributed by atoms with Gasteiger partial charge in [-0.1, -0.05) is 85.8 Å². The molecule has 0 unspecified atom stereocenters. The van der Waals surface area contributed by atoms with Crippen molar-refractivity contribution in [3.05, 3.63) is 177 Å². The lowest BCUT2D eigenvalue weighted by atomic mass is 9.12. The van der Waals surface area contributed by atoms with Gasteiger partial charge in [-0.2, -0.15) is 132 Å². The first kappa shape index (κ1) is 59.9. The number of aromatic nitrogens is 2. The fraction of sp³-hybridized carbons (Fsp3) is 0.255. The summed E-state index contributed by atoms with van der Waals surface area (Å²) in [5.74, 6) is -0.328. The molecule has 0 fully saturated rings. The number of esters is 1. The zero-order valence-electron chi connectivity index (χ0n) is 37.5. The number of alkyl halides is 24. The van der Waals surface area contributed by atoms with Crippen LogP contribution in [-0.2, 0) is 60.7 Å². The molecule has 0 aliphatic carbocycles. The molecule has 410 valence electrons. The van der Waals surface area contributed by atoms with E-state index in [2.05, 4.69) is 4.98 Å². The third-order valence-electron chi connectivity index (χ3n) is 11.1. The van der Waals surface area contributed by atoms with Gasteiger partial charge in [-0.15, -0.1) is 0 Å². The minimum atomic E-state index is -6.13. The summed E-state index contributed by atoms with van der Waals surface area (Å²) in [4.78, 5) is 15.9. The van der Waals surface area contributed by atoms with Crippen LogP contribution in [0.5, 0.6) is 0 Å². The van der Waals surface area contributed by atoms with Crippen molar-refractivity contribution in [2.75, 3.05) is 6.61 Å². The standard InChI is InChI=1S/C32H12BF24.C15H17N2O2/c34-25(35,36)13-1-14(26(37,38)39)6-21(5-13)33(22-7-15(27(40,41)42)2-16(8-22)28(43,44)45,23-9-17(29(46,47)48)3-18(10-23)30(49,50)51)24-11-19(31(52,53)54)4-20(12-24)32(55,56)57;1-2-10-19-15(18)14-11-16-8-9-17(14)12-13-6-4-3-5-7-13/h1-12H;3-9,11H,2,10,12H2,1H3/q-1;+1. The highest BCUT2D eigenvalue weighted by molar-refractivity contribution is 7.20. The monoisotopic (exact) mass is 1120 g/mol. The van der Waals surface area contributed by atoms with Crippen LogP contribution in [0.1, 0.15) is 73.9 Å². The van der Waals surface area contributed by atoms with E-state index in [1.807, 2.05) is 41.8 Å². The summed E-state index contributed by atoms with van der Waals surface area (Å²) in [6.07, 6.45) is -49.0. The lowest BCUT2D eigenvalue weighted by Crippen LogP contribution is -2.75. The van der Waals surface area contributed by atoms with Crippen LogP contribution >= 0.6 is 0 Å². The lowest BCUT2D eigenvalue weighted by molar-refractivity contribution is -0.691. The molecule has 0 saturated heterocycles. The molecular formula is C47H29BF24N2O2. The molecule has 0 aliphatic heterocycles. The molecule has 0 atom stereocenters. The zero-order chi connectivity index (χ0) is 57.4. The molecule has 6 rings (SSSR count). The molecule has 4 nitrogen and oxygen atoms in total. The van der Waals surface area contributed by atoms with E-state index >= 15 is 0 Å². The van der Waals surface area contributed by atoms with Gasteiger partial charge in [0.25, 0.3) is 0 Å². The Balaban J connectivity index is 0.000000468. The Morgan fingerprint density at radius 1 is 0.447 bits per heavy atom. The summed E-state index contributed by atoms with van der Waals surface area (Å²) in [7, 11) is 0. The second kappa shape index (κ2) is 21.2. The fourth-order valence-electron chi connectivity index (χ4n) is 7.81. The summed E-state index contributed by atoms with van der Waals surface area (Å²) in [6.45, 7) is 3.02. The van der Waals surface area contributed by atoms with Crippen LogP contribution in [0.15, 0.2) is 122 Å². The van der Waals surface area contributed by atoms with Crippen LogP contribution < -0.4 is 26.4 Å². The van der Waals surface area contributed by atoms with Gasteiger partial charge in [0.15, 0.2) is 12.7 Å². The highest BCUT2D eigenvalue weighted by atomic mass is 19.4. The van der Waals surface area contributed by atoms with Crippen LogP contribution in [0.3, 0.4) is 0 Å². The first-order chi connectivity index (χ1) is 34.6. The van der Waals surface area contributed by atoms with Gasteiger partial charge < -0.3 is 4.74 Å². The number of hydrogen-bond acceptors (Lipinski definition) is 3. The van der Waals surface area contributed by atoms with Crippen molar-refractivity contribution in [2.45, 2.75) is 69.3 Å². The van der Waals surface area contributed by atoms with E-state index in [1.165, 1.54) is 0 Å². The first-order valence-corrected chi connectivity index (χ1v) is 21.0. The van der Waals surface area contributed by atoms with Gasteiger partial charge in [-0.3, -0.25) is 4.98 Å². The van der Waals surface area contributed by atoms with Crippen molar-refractivity contribution in [3.63, 3.8) is 0 Å². The summed E-state index contributed by atoms with van der Waals surface area (Å²) in [6, 6.07) is 1.16. The molecular weight excluding hydrogens is 1090 g/mol. The molecule has 5 aromatic carbocycles. The number of halogens is 24. The molecule has 0 N–H and O–H groups in total. The number of carbonyl (C=O) groups excluding carboxylic acids is 1. The summed E-state index contributed by atoms with van der Waals surface area (Å²) in [5, 5.41) is 0. The minimum Gasteiger partial charge on any atom is -0.458 e. The highest BCUT2D eigenvalue weighted by Crippen LogP contribution is 2.41. The molecule has 1 heterocycles. The van der Waals surface area contributed by atoms with E-state index < -0.39 is 195 Å². The third-order valence-corrected chi connectivity index (χ3v) is 11.1. The van der Waals surface area contributed by atoms with Crippen LogP contribution in [0.4, 0.5) is 105 Å². The number of nitrogens with zero attached hydrogens (tertiary/aromatic N) is 2. The lowest BCUT2D eigenvalue weighted by Gasteiger charge is -2.46. The average molecular weight is 1120 g/mol. The van der Waals surface area contributed by atoms with Crippen LogP contribution in [-0.4, -0.2) is 23.7 Å². The first-order valence-electron chi connectivity index (χ1n) is 21.0. The Labute approximate surface area is 411 Å². The van der Waals surface area contributed by atoms with Crippen LogP contribution in [0, 0.1) is 0 Å². The quantitative estimate of drug-likeness (QED) is 0.0627. The predicted molar refractivity (Wildman–Crippen MR) is 221 cm³/mol. The molecule has 76 heavy (non-hydrogen) atoms. The van der Waals surface area contributed by atoms with Crippen molar-refractivity contribution in [2.24, 2.45) is 0 Å². The van der Waals surface area contributed by atoms with E-state index in [9.17, 15) is 110 Å². The highest BCUT2D eigenvalue weighted by Gasteiger charge is 2.47. The van der Waals surface area contributed by atoms with Gasteiger partial charge >= 0.3 is 61.1 Å². The largest absolute Gasteiger partial charge is 0.458 e. The summed E-state index contributed by atoms with van der Waals surface area (Å²) < 4.78 is 348. The molecule has 29 heteroatoms. The Hall–Kier alpha value is -6.97. The second-order valence-corrected chi connectivity index (χ2v) is 16.4. The zero-order valence-corrected chi connectivity index (χ0v) is 37.5. The van der Waals surface area contributed by atoms with Gasteiger partial charge in [0.05, 0.1) is 57.3 Å². The summed E-state index contributed by atoms with van der Waals surface area (Å²) in [5.41, 5.74) is -28.6. The van der Waals surface area contributed by atoms with E-state index in [0.717, 1.165) is 12.0 Å². The number of carbonyl (C=O) groups is 1. The second-order valence-electron chi connectivity index (χ2n) is 16.4. The van der Waals surface area contributed by atoms with Crippen LogP contribution in [0.2, 0.25) is 0 Å². The van der Waals surface area contributed by atoms with Crippen molar-refractivity contribution >= 4 is 34.0 Å². The Bertz CT molecular complexity index is 2590. The van der Waals surface area contributed by atoms with Crippen molar-refractivity contribution < 1.29 is 119 Å². The Kier molecular flexibility index (Phi) is 16.7. The average Bonchev–Trinajstić information content (AvgIpc) is 3.29. The maximum absolute atomic E-state index is 14.2. The Morgan fingerprint density at radius 3 is 0.974 bits per heavy atom. The number of ether oxygens (including phenoxy) is 1. The molecule has 0 saturated carbocycles. The molecule has 6 aromatic rings. The predicted octanol–water partition coefficient (Wildman–Crippen LogP) is 13.2. The van der Waals surface area contributed by atoms with Gasteiger partial charge in [-0.05, 0) is 30.7 Å². The van der Waals surface area contributed by atoms with Gasteiger partial charge in [0, 0.05) is 5.56 Å². The van der Waals surface area contributed by atoms with Crippen molar-refractivity contribution in [1.82, 2.24) is 4.98 Å². The van der Waals surface area contributed by atoms with E-state index in [-0.39, 0.29) is 5.97 Å². The van der Waals surface area contributed by atoms with Crippen molar-refractivity contribution in [1.29, 1.82) is 0 Å². The smallest absolute Gasteiger partial charge is 0.416 e. The summed E-state index contributed by atoms with van der Waals surface area (Å²) >= 11 is 0. The van der Waals surface area contributed by atoms with Crippen molar-refractivity contribution in [3.8, 4) is 0 Å². The third kappa shape index (κ3) is 14.1. The fourth-order valence-corrected chi connectivity index (χ4v) is 7.81. The van der Waals surface area contributed by atoms with E-state index in [4.69, 9.17) is 4.74 Å². The molecule has 0 amide bonds. The van der Waals surface area contributed by atoms with Crippen LogP contribution in [0.25, 0.3) is 0 Å². The number of benzene rings is 5. The molecule has 0 radical (unpaired) electrons. The van der Waals surface area contributed by atoms with Gasteiger partial charge in [-0.25, -0.2) is 4.79 Å². The Morgan fingerprint density at radius 2 is 0.724 bits per heavy atom.